The van der Waals surface area contributed by atoms with Crippen LogP contribution in [0.15, 0.2) is 58.9 Å². The predicted molar refractivity (Wildman–Crippen MR) is 100 cm³/mol. The van der Waals surface area contributed by atoms with E-state index in [1.807, 2.05) is 30.3 Å². The second-order valence-electron chi connectivity index (χ2n) is 5.24. The highest BCUT2D eigenvalue weighted by Gasteiger charge is 2.33. The van der Waals surface area contributed by atoms with Crippen LogP contribution in [0.1, 0.15) is 5.56 Å². The number of anilines is 3. The molecule has 27 heavy (non-hydrogen) atoms. The van der Waals surface area contributed by atoms with E-state index < -0.39 is 17.6 Å². The molecular formula is C17H13F3N4OS2. The number of alkyl halides is 3. The van der Waals surface area contributed by atoms with Crippen LogP contribution in [-0.4, -0.2) is 21.9 Å². The fourth-order valence-corrected chi connectivity index (χ4v) is 3.69. The maximum Gasteiger partial charge on any atom is 0.418 e. The lowest BCUT2D eigenvalue weighted by atomic mass is 10.1. The molecule has 0 aliphatic heterocycles. The summed E-state index contributed by atoms with van der Waals surface area (Å²) in [5, 5.41) is 13.9. The molecular weight excluding hydrogens is 397 g/mol. The Bertz CT molecular complexity index is 916. The molecule has 0 saturated heterocycles. The number of carbonyl (C=O) groups excluding carboxylic acids is 1. The minimum absolute atomic E-state index is 0.0772. The van der Waals surface area contributed by atoms with Gasteiger partial charge in [0.2, 0.25) is 11.0 Å². The lowest BCUT2D eigenvalue weighted by Crippen LogP contribution is -2.18. The van der Waals surface area contributed by atoms with Gasteiger partial charge < -0.3 is 10.6 Å². The summed E-state index contributed by atoms with van der Waals surface area (Å²) in [6.45, 7) is 0. The Kier molecular flexibility index (Phi) is 5.97. The number of halogens is 3. The molecule has 1 amide bonds. The zero-order valence-electron chi connectivity index (χ0n) is 13.7. The first-order valence-electron chi connectivity index (χ1n) is 7.66. The first-order chi connectivity index (χ1) is 12.9. The molecule has 2 N–H and O–H groups in total. The van der Waals surface area contributed by atoms with Gasteiger partial charge in [-0.25, -0.2) is 0 Å². The van der Waals surface area contributed by atoms with Gasteiger partial charge in [-0.15, -0.1) is 10.2 Å². The lowest BCUT2D eigenvalue weighted by Gasteiger charge is -2.13. The standard InChI is InChI=1S/C17H13F3N4OS2/c18-17(19,20)12-8-4-5-9-13(12)22-14(25)10-26-16-24-23-15(27-16)21-11-6-2-1-3-7-11/h1-9H,10H2,(H,21,23)(H,22,25). The molecule has 0 fully saturated rings. The molecule has 10 heteroatoms. The Morgan fingerprint density at radius 2 is 1.74 bits per heavy atom. The van der Waals surface area contributed by atoms with Crippen LogP contribution in [0.2, 0.25) is 0 Å². The maximum atomic E-state index is 13.0. The van der Waals surface area contributed by atoms with Crippen molar-refractivity contribution in [3.63, 3.8) is 0 Å². The molecule has 3 rings (SSSR count). The van der Waals surface area contributed by atoms with Crippen LogP contribution < -0.4 is 10.6 Å². The van der Waals surface area contributed by atoms with Crippen molar-refractivity contribution in [3.05, 3.63) is 60.2 Å². The number of para-hydroxylation sites is 2. The van der Waals surface area contributed by atoms with E-state index in [0.717, 1.165) is 23.5 Å². The van der Waals surface area contributed by atoms with Gasteiger partial charge in [0.25, 0.3) is 0 Å². The summed E-state index contributed by atoms with van der Waals surface area (Å²) in [5.74, 6) is -0.629. The van der Waals surface area contributed by atoms with Gasteiger partial charge in [-0.3, -0.25) is 4.79 Å². The molecule has 2 aromatic carbocycles. The molecule has 5 nitrogen and oxygen atoms in total. The van der Waals surface area contributed by atoms with Gasteiger partial charge in [0, 0.05) is 5.69 Å². The molecule has 3 aromatic rings. The summed E-state index contributed by atoms with van der Waals surface area (Å²) in [6.07, 6.45) is -4.53. The van der Waals surface area contributed by atoms with E-state index in [2.05, 4.69) is 20.8 Å². The lowest BCUT2D eigenvalue weighted by molar-refractivity contribution is -0.137. The minimum atomic E-state index is -4.53. The SMILES string of the molecule is O=C(CSc1nnc(Nc2ccccc2)s1)Nc1ccccc1C(F)(F)F. The van der Waals surface area contributed by atoms with Crippen molar-refractivity contribution in [1.82, 2.24) is 10.2 Å². The summed E-state index contributed by atoms with van der Waals surface area (Å²) >= 11 is 2.36. The number of amides is 1. The van der Waals surface area contributed by atoms with Gasteiger partial charge in [-0.05, 0) is 24.3 Å². The molecule has 1 heterocycles. The van der Waals surface area contributed by atoms with E-state index in [4.69, 9.17) is 0 Å². The van der Waals surface area contributed by atoms with Crippen LogP contribution >= 0.6 is 23.1 Å². The number of carbonyl (C=O) groups is 1. The number of hydrogen-bond donors (Lipinski definition) is 2. The molecule has 0 bridgehead atoms. The van der Waals surface area contributed by atoms with E-state index in [0.29, 0.717) is 9.47 Å². The molecule has 0 spiro atoms. The molecule has 0 saturated carbocycles. The predicted octanol–water partition coefficient (Wildman–Crippen LogP) is 5.03. The van der Waals surface area contributed by atoms with Crippen LogP contribution in [-0.2, 0) is 11.0 Å². The third kappa shape index (κ3) is 5.44. The van der Waals surface area contributed by atoms with Crippen LogP contribution in [0.3, 0.4) is 0 Å². The number of nitrogens with zero attached hydrogens (tertiary/aromatic N) is 2. The summed E-state index contributed by atoms with van der Waals surface area (Å²) in [4.78, 5) is 12.0. The van der Waals surface area contributed by atoms with E-state index in [9.17, 15) is 18.0 Å². The second kappa shape index (κ2) is 8.40. The van der Waals surface area contributed by atoms with Crippen LogP contribution in [0, 0.1) is 0 Å². The van der Waals surface area contributed by atoms with Crippen LogP contribution in [0.5, 0.6) is 0 Å². The highest BCUT2D eigenvalue weighted by Crippen LogP contribution is 2.35. The fourth-order valence-electron chi connectivity index (χ4n) is 2.12. The van der Waals surface area contributed by atoms with Crippen molar-refractivity contribution in [2.24, 2.45) is 0 Å². The number of nitrogens with one attached hydrogen (secondary N) is 2. The zero-order valence-corrected chi connectivity index (χ0v) is 15.3. The van der Waals surface area contributed by atoms with Crippen molar-refractivity contribution in [3.8, 4) is 0 Å². The molecule has 0 aliphatic rings. The Hall–Kier alpha value is -2.59. The Morgan fingerprint density at radius 1 is 1.04 bits per heavy atom. The number of rotatable bonds is 6. The van der Waals surface area contributed by atoms with Crippen molar-refractivity contribution >= 4 is 45.5 Å². The molecule has 1 aromatic heterocycles. The monoisotopic (exact) mass is 410 g/mol. The smallest absolute Gasteiger partial charge is 0.330 e. The number of hydrogen-bond acceptors (Lipinski definition) is 6. The van der Waals surface area contributed by atoms with Crippen LogP contribution in [0.25, 0.3) is 0 Å². The first-order valence-corrected chi connectivity index (χ1v) is 9.46. The van der Waals surface area contributed by atoms with Crippen LogP contribution in [0.4, 0.5) is 29.7 Å². The van der Waals surface area contributed by atoms with Crippen molar-refractivity contribution < 1.29 is 18.0 Å². The number of aromatic nitrogens is 2. The number of benzene rings is 2. The third-order valence-electron chi connectivity index (χ3n) is 3.26. The average molecular weight is 410 g/mol. The normalized spacial score (nSPS) is 11.2. The zero-order chi connectivity index (χ0) is 19.3. The van der Waals surface area contributed by atoms with Crippen molar-refractivity contribution in [2.75, 3.05) is 16.4 Å². The quantitative estimate of drug-likeness (QED) is 0.558. The Morgan fingerprint density at radius 3 is 2.48 bits per heavy atom. The topological polar surface area (TPSA) is 66.9 Å². The summed E-state index contributed by atoms with van der Waals surface area (Å²) < 4.78 is 39.4. The van der Waals surface area contributed by atoms with E-state index in [1.165, 1.54) is 29.5 Å². The summed E-state index contributed by atoms with van der Waals surface area (Å²) in [7, 11) is 0. The molecule has 0 radical (unpaired) electrons. The Balaban J connectivity index is 1.56. The third-order valence-corrected chi connectivity index (χ3v) is 5.24. The summed E-state index contributed by atoms with van der Waals surface area (Å²) in [5.41, 5.74) is -0.292. The van der Waals surface area contributed by atoms with Gasteiger partial charge in [0.05, 0.1) is 17.0 Å². The first kappa shape index (κ1) is 19.2. The van der Waals surface area contributed by atoms with Gasteiger partial charge in [0.15, 0.2) is 4.34 Å². The highest BCUT2D eigenvalue weighted by atomic mass is 32.2. The van der Waals surface area contributed by atoms with E-state index >= 15 is 0 Å². The molecule has 0 atom stereocenters. The minimum Gasteiger partial charge on any atom is -0.330 e. The van der Waals surface area contributed by atoms with Gasteiger partial charge in [-0.1, -0.05) is 53.4 Å². The molecule has 0 unspecified atom stereocenters. The maximum absolute atomic E-state index is 13.0. The van der Waals surface area contributed by atoms with E-state index in [-0.39, 0.29) is 11.4 Å². The van der Waals surface area contributed by atoms with Crippen molar-refractivity contribution in [2.45, 2.75) is 10.5 Å². The Labute approximate surface area is 161 Å². The van der Waals surface area contributed by atoms with Gasteiger partial charge in [0.1, 0.15) is 0 Å². The second-order valence-corrected chi connectivity index (χ2v) is 7.44. The van der Waals surface area contributed by atoms with Gasteiger partial charge >= 0.3 is 6.18 Å². The average Bonchev–Trinajstić information content (AvgIpc) is 3.08. The van der Waals surface area contributed by atoms with Crippen molar-refractivity contribution in [1.29, 1.82) is 0 Å². The highest BCUT2D eigenvalue weighted by molar-refractivity contribution is 8.01. The number of thioether (sulfide) groups is 1. The largest absolute Gasteiger partial charge is 0.418 e. The molecule has 0 aliphatic carbocycles. The molecule has 140 valence electrons. The summed E-state index contributed by atoms with van der Waals surface area (Å²) in [6, 6.07) is 14.2. The van der Waals surface area contributed by atoms with E-state index in [1.54, 1.807) is 0 Å². The fraction of sp³-hybridized carbons (Fsp3) is 0.118. The van der Waals surface area contributed by atoms with Gasteiger partial charge in [-0.2, -0.15) is 13.2 Å².